The second-order valence-corrected chi connectivity index (χ2v) is 9.13. The van der Waals surface area contributed by atoms with Gasteiger partial charge in [-0.3, -0.25) is 9.69 Å². The van der Waals surface area contributed by atoms with Crippen molar-refractivity contribution >= 4 is 35.1 Å². The van der Waals surface area contributed by atoms with Gasteiger partial charge in [-0.1, -0.05) is 30.3 Å². The summed E-state index contributed by atoms with van der Waals surface area (Å²) in [6, 6.07) is 20.5. The van der Waals surface area contributed by atoms with Crippen LogP contribution < -0.4 is 15.0 Å². The molecule has 33 heavy (non-hydrogen) atoms. The van der Waals surface area contributed by atoms with Crippen LogP contribution in [0.4, 0.5) is 20.6 Å². The monoisotopic (exact) mass is 463 g/mol. The third-order valence-corrected chi connectivity index (χ3v) is 7.34. The number of hydrogen-bond acceptors (Lipinski definition) is 4. The fraction of sp³-hybridized carbons (Fsp3) is 0.200. The van der Waals surface area contributed by atoms with Crippen LogP contribution in [0.3, 0.4) is 0 Å². The second kappa shape index (κ2) is 8.44. The molecule has 2 heterocycles. The summed E-state index contributed by atoms with van der Waals surface area (Å²) in [6.45, 7) is 0.800. The number of benzene rings is 3. The minimum Gasteiger partial charge on any atom is -0.497 e. The molecule has 0 saturated carbocycles. The van der Waals surface area contributed by atoms with Crippen LogP contribution in [0.1, 0.15) is 11.1 Å². The lowest BCUT2D eigenvalue weighted by Crippen LogP contribution is -2.51. The van der Waals surface area contributed by atoms with Crippen LogP contribution in [0.15, 0.2) is 72.8 Å². The lowest BCUT2D eigenvalue weighted by atomic mass is 10.1. The van der Waals surface area contributed by atoms with Crippen molar-refractivity contribution in [3.05, 3.63) is 89.7 Å². The van der Waals surface area contributed by atoms with Crippen LogP contribution in [0, 0.1) is 5.82 Å². The van der Waals surface area contributed by atoms with Crippen molar-refractivity contribution in [1.29, 1.82) is 0 Å². The lowest BCUT2D eigenvalue weighted by molar-refractivity contribution is -0.123. The first-order valence-electron chi connectivity index (χ1n) is 10.6. The lowest BCUT2D eigenvalue weighted by Gasteiger charge is -2.33. The molecular weight excluding hydrogens is 441 g/mol. The number of rotatable bonds is 4. The average molecular weight is 464 g/mol. The maximum absolute atomic E-state index is 14.0. The molecular formula is C25H22FN3O3S. The summed E-state index contributed by atoms with van der Waals surface area (Å²) in [5, 5.41) is 2.81. The quantitative estimate of drug-likeness (QED) is 0.603. The summed E-state index contributed by atoms with van der Waals surface area (Å²) in [5.74, 6) is 0.684. The number of ether oxygens (including phenoxy) is 1. The summed E-state index contributed by atoms with van der Waals surface area (Å²) < 4.78 is 18.7. The van der Waals surface area contributed by atoms with Gasteiger partial charge in [0.05, 0.1) is 19.3 Å². The van der Waals surface area contributed by atoms with Gasteiger partial charge in [-0.25, -0.2) is 9.18 Å². The molecule has 3 aromatic carbocycles. The van der Waals surface area contributed by atoms with E-state index in [4.69, 9.17) is 4.74 Å². The van der Waals surface area contributed by atoms with Crippen molar-refractivity contribution in [3.8, 4) is 5.75 Å². The molecule has 8 heteroatoms. The summed E-state index contributed by atoms with van der Waals surface area (Å²) in [6.07, 6.45) is 0. The fourth-order valence-corrected chi connectivity index (χ4v) is 5.82. The zero-order valence-electron chi connectivity index (χ0n) is 18.0. The Morgan fingerprint density at radius 3 is 2.61 bits per heavy atom. The van der Waals surface area contributed by atoms with E-state index in [0.29, 0.717) is 30.3 Å². The molecule has 1 spiro atoms. The van der Waals surface area contributed by atoms with Crippen LogP contribution in [-0.2, 0) is 16.2 Å². The van der Waals surface area contributed by atoms with E-state index in [0.717, 1.165) is 16.8 Å². The van der Waals surface area contributed by atoms with Crippen LogP contribution in [0.25, 0.3) is 0 Å². The Balaban J connectivity index is 1.54. The SMILES string of the molecule is COc1ccc2c(c1)[C@@]1(SCCN1C(=O)Nc1ccc(F)cc1)C(=O)N2Cc1ccccc1. The zero-order chi connectivity index (χ0) is 23.0. The Morgan fingerprint density at radius 1 is 1.12 bits per heavy atom. The Hall–Kier alpha value is -3.52. The summed E-state index contributed by atoms with van der Waals surface area (Å²) in [4.78, 5) is 29.5. The highest BCUT2D eigenvalue weighted by molar-refractivity contribution is 8.01. The predicted octanol–water partition coefficient (Wildman–Crippen LogP) is 4.81. The highest BCUT2D eigenvalue weighted by Crippen LogP contribution is 2.55. The van der Waals surface area contributed by atoms with Gasteiger partial charge in [-0.15, -0.1) is 11.8 Å². The first-order chi connectivity index (χ1) is 16.0. The van der Waals surface area contributed by atoms with E-state index in [1.54, 1.807) is 16.9 Å². The van der Waals surface area contributed by atoms with E-state index >= 15 is 0 Å². The number of carbonyl (C=O) groups is 2. The van der Waals surface area contributed by atoms with Crippen LogP contribution >= 0.6 is 11.8 Å². The number of hydrogen-bond donors (Lipinski definition) is 1. The summed E-state index contributed by atoms with van der Waals surface area (Å²) >= 11 is 1.44. The smallest absolute Gasteiger partial charge is 0.323 e. The highest BCUT2D eigenvalue weighted by atomic mass is 32.2. The topological polar surface area (TPSA) is 61.9 Å². The minimum atomic E-state index is -1.19. The van der Waals surface area contributed by atoms with Crippen molar-refractivity contribution in [3.63, 3.8) is 0 Å². The van der Waals surface area contributed by atoms with Gasteiger partial charge in [0.1, 0.15) is 11.6 Å². The maximum Gasteiger partial charge on any atom is 0.323 e. The Morgan fingerprint density at radius 2 is 1.88 bits per heavy atom. The van der Waals surface area contributed by atoms with E-state index in [1.807, 2.05) is 48.5 Å². The van der Waals surface area contributed by atoms with Crippen molar-refractivity contribution in [2.45, 2.75) is 11.4 Å². The van der Waals surface area contributed by atoms with Crippen LogP contribution in [-0.4, -0.2) is 36.2 Å². The molecule has 0 unspecified atom stereocenters. The van der Waals surface area contributed by atoms with Gasteiger partial charge < -0.3 is 15.0 Å². The third-order valence-electron chi connectivity index (χ3n) is 5.92. The average Bonchev–Trinajstić information content (AvgIpc) is 3.38. The zero-order valence-corrected chi connectivity index (χ0v) is 18.8. The largest absolute Gasteiger partial charge is 0.497 e. The Bertz CT molecular complexity index is 1210. The maximum atomic E-state index is 14.0. The molecule has 1 fully saturated rings. The van der Waals surface area contributed by atoms with E-state index in [-0.39, 0.29) is 11.7 Å². The molecule has 0 aromatic heterocycles. The first-order valence-corrected chi connectivity index (χ1v) is 11.5. The van der Waals surface area contributed by atoms with Crippen molar-refractivity contribution in [1.82, 2.24) is 4.90 Å². The molecule has 1 N–H and O–H groups in total. The number of halogens is 1. The molecule has 2 aliphatic heterocycles. The first kappa shape index (κ1) is 21.3. The molecule has 0 bridgehead atoms. The number of methoxy groups -OCH3 is 1. The molecule has 0 radical (unpaired) electrons. The van der Waals surface area contributed by atoms with E-state index < -0.39 is 10.9 Å². The van der Waals surface area contributed by atoms with Crippen molar-refractivity contribution < 1.29 is 18.7 Å². The van der Waals surface area contributed by atoms with Gasteiger partial charge in [-0.2, -0.15) is 0 Å². The van der Waals surface area contributed by atoms with Crippen LogP contribution in [0.2, 0.25) is 0 Å². The Labute approximate surface area is 195 Å². The second-order valence-electron chi connectivity index (χ2n) is 7.84. The van der Waals surface area contributed by atoms with E-state index in [1.165, 1.54) is 36.0 Å². The molecule has 3 amide bonds. The van der Waals surface area contributed by atoms with Gasteiger partial charge in [0.2, 0.25) is 0 Å². The number of amides is 3. The molecule has 0 aliphatic carbocycles. The predicted molar refractivity (Wildman–Crippen MR) is 127 cm³/mol. The van der Waals surface area contributed by atoms with Gasteiger partial charge >= 0.3 is 6.03 Å². The molecule has 168 valence electrons. The number of thioether (sulfide) groups is 1. The Kier molecular flexibility index (Phi) is 5.46. The fourth-order valence-electron chi connectivity index (χ4n) is 4.37. The van der Waals surface area contributed by atoms with Crippen LogP contribution in [0.5, 0.6) is 5.75 Å². The van der Waals surface area contributed by atoms with Gasteiger partial charge in [0.25, 0.3) is 5.91 Å². The number of fused-ring (bicyclic) bond motifs is 2. The molecule has 5 rings (SSSR count). The number of nitrogens with one attached hydrogen (secondary N) is 1. The van der Waals surface area contributed by atoms with Gasteiger partial charge in [0.15, 0.2) is 4.87 Å². The van der Waals surface area contributed by atoms with E-state index in [9.17, 15) is 14.0 Å². The van der Waals surface area contributed by atoms with E-state index in [2.05, 4.69) is 5.32 Å². The van der Waals surface area contributed by atoms with Gasteiger partial charge in [-0.05, 0) is 48.0 Å². The van der Waals surface area contributed by atoms with Crippen molar-refractivity contribution in [2.24, 2.45) is 0 Å². The normalized spacial score (nSPS) is 19.2. The molecule has 3 aromatic rings. The van der Waals surface area contributed by atoms with Crippen molar-refractivity contribution in [2.75, 3.05) is 29.6 Å². The highest BCUT2D eigenvalue weighted by Gasteiger charge is 2.59. The van der Waals surface area contributed by atoms with Gasteiger partial charge in [0, 0.05) is 23.5 Å². The third kappa shape index (κ3) is 3.60. The number of urea groups is 1. The molecule has 1 saturated heterocycles. The molecule has 1 atom stereocenters. The minimum absolute atomic E-state index is 0.161. The summed E-state index contributed by atoms with van der Waals surface area (Å²) in [5.41, 5.74) is 2.96. The number of nitrogens with zero attached hydrogens (tertiary/aromatic N) is 2. The summed E-state index contributed by atoms with van der Waals surface area (Å²) in [7, 11) is 1.58. The standard InChI is InChI=1S/C25H22FN3O3S/c1-32-20-11-12-22-21(15-20)25(23(30)28(22)16-17-5-3-2-4-6-17)29(13-14-33-25)24(31)27-19-9-7-18(26)8-10-19/h2-12,15H,13-14,16H2,1H3,(H,27,31)/t25-/m1/s1. The number of anilines is 2. The molecule has 6 nitrogen and oxygen atoms in total. The number of carbonyl (C=O) groups excluding carboxylic acids is 2. The molecule has 2 aliphatic rings.